The average molecular weight is 460 g/mol. The third-order valence-corrected chi connectivity index (χ3v) is 5.44. The molecule has 0 fully saturated rings. The Morgan fingerprint density at radius 1 is 0.875 bits per heavy atom. The van der Waals surface area contributed by atoms with Gasteiger partial charge in [0.15, 0.2) is 0 Å². The van der Waals surface area contributed by atoms with Gasteiger partial charge in [0.1, 0.15) is 18.1 Å². The van der Waals surface area contributed by atoms with Gasteiger partial charge in [0.05, 0.1) is 12.1 Å². The summed E-state index contributed by atoms with van der Waals surface area (Å²) in [6.45, 7) is 8.87. The normalized spacial score (nSPS) is 16.9. The summed E-state index contributed by atoms with van der Waals surface area (Å²) in [6.07, 6.45) is 0.520. The van der Waals surface area contributed by atoms with Gasteiger partial charge in [-0.05, 0) is 44.6 Å². The molecule has 0 radical (unpaired) electrons. The molecule has 6 unspecified atom stereocenters. The number of hydrogen-bond acceptors (Lipinski definition) is 7. The van der Waals surface area contributed by atoms with Crippen LogP contribution in [0.15, 0.2) is 0 Å². The van der Waals surface area contributed by atoms with Gasteiger partial charge >= 0.3 is 5.97 Å². The van der Waals surface area contributed by atoms with E-state index in [4.69, 9.17) is 11.5 Å². The van der Waals surface area contributed by atoms with E-state index in [1.807, 2.05) is 6.92 Å². The number of amides is 3. The van der Waals surface area contributed by atoms with E-state index in [2.05, 4.69) is 16.0 Å². The van der Waals surface area contributed by atoms with E-state index in [9.17, 15) is 29.4 Å². The van der Waals surface area contributed by atoms with Gasteiger partial charge in [-0.25, -0.2) is 4.79 Å². The van der Waals surface area contributed by atoms with Crippen molar-refractivity contribution in [3.8, 4) is 0 Å². The maximum atomic E-state index is 12.9. The Morgan fingerprint density at radius 2 is 1.41 bits per heavy atom. The van der Waals surface area contributed by atoms with E-state index in [0.29, 0.717) is 25.8 Å². The maximum Gasteiger partial charge on any atom is 0.326 e. The molecule has 0 aromatic heterocycles. The first-order valence-corrected chi connectivity index (χ1v) is 11.1. The van der Waals surface area contributed by atoms with Crippen molar-refractivity contribution in [1.29, 1.82) is 0 Å². The molecule has 0 aliphatic heterocycles. The van der Waals surface area contributed by atoms with Gasteiger partial charge < -0.3 is 37.6 Å². The van der Waals surface area contributed by atoms with E-state index in [1.165, 1.54) is 6.92 Å². The smallest absolute Gasteiger partial charge is 0.326 e. The van der Waals surface area contributed by atoms with Crippen LogP contribution in [0.25, 0.3) is 0 Å². The second-order valence-electron chi connectivity index (χ2n) is 8.55. The van der Waals surface area contributed by atoms with Gasteiger partial charge in [-0.3, -0.25) is 14.4 Å². The zero-order valence-corrected chi connectivity index (χ0v) is 19.8. The number of carbonyl (C=O) groups excluding carboxylic acids is 3. The van der Waals surface area contributed by atoms with Crippen molar-refractivity contribution in [2.24, 2.45) is 23.3 Å². The minimum absolute atomic E-state index is 0.140. The molecule has 32 heavy (non-hydrogen) atoms. The Bertz CT molecular complexity index is 628. The number of carboxylic acids is 1. The molecular formula is C21H41N5O6. The summed E-state index contributed by atoms with van der Waals surface area (Å²) in [7, 11) is 0. The molecule has 0 rings (SSSR count). The molecule has 0 aromatic carbocycles. The minimum atomic E-state index is -1.40. The van der Waals surface area contributed by atoms with Crippen molar-refractivity contribution >= 4 is 23.7 Å². The van der Waals surface area contributed by atoms with Crippen molar-refractivity contribution in [3.63, 3.8) is 0 Å². The van der Waals surface area contributed by atoms with Crippen LogP contribution in [0.2, 0.25) is 0 Å². The highest BCUT2D eigenvalue weighted by atomic mass is 16.4. The third-order valence-electron chi connectivity index (χ3n) is 5.44. The number of nitrogens with one attached hydrogen (secondary N) is 3. The number of rotatable bonds is 15. The summed E-state index contributed by atoms with van der Waals surface area (Å²) in [5.41, 5.74) is 11.3. The predicted molar refractivity (Wildman–Crippen MR) is 120 cm³/mol. The Morgan fingerprint density at radius 3 is 1.84 bits per heavy atom. The first kappa shape index (κ1) is 29.8. The lowest BCUT2D eigenvalue weighted by Gasteiger charge is -2.29. The molecule has 6 atom stereocenters. The van der Waals surface area contributed by atoms with Crippen LogP contribution >= 0.6 is 0 Å². The predicted octanol–water partition coefficient (Wildman–Crippen LogP) is -0.935. The summed E-state index contributed by atoms with van der Waals surface area (Å²) in [5.74, 6) is -3.64. The second kappa shape index (κ2) is 14.8. The van der Waals surface area contributed by atoms with Crippen molar-refractivity contribution in [2.75, 3.05) is 6.54 Å². The van der Waals surface area contributed by atoms with Crippen molar-refractivity contribution < 1.29 is 29.4 Å². The van der Waals surface area contributed by atoms with E-state index < -0.39 is 54.0 Å². The van der Waals surface area contributed by atoms with Crippen LogP contribution in [-0.4, -0.2) is 70.7 Å². The highest BCUT2D eigenvalue weighted by molar-refractivity contribution is 5.94. The van der Waals surface area contributed by atoms with Crippen LogP contribution in [0.1, 0.15) is 60.3 Å². The Kier molecular flexibility index (Phi) is 13.7. The van der Waals surface area contributed by atoms with Gasteiger partial charge in [0, 0.05) is 0 Å². The molecule has 3 amide bonds. The van der Waals surface area contributed by atoms with E-state index >= 15 is 0 Å². The number of aliphatic hydroxyl groups excluding tert-OH is 1. The summed E-state index contributed by atoms with van der Waals surface area (Å²) in [4.78, 5) is 49.5. The number of hydrogen-bond donors (Lipinski definition) is 7. The molecule has 0 heterocycles. The van der Waals surface area contributed by atoms with E-state index in [1.54, 1.807) is 20.8 Å². The molecule has 0 spiro atoms. The molecule has 9 N–H and O–H groups in total. The second-order valence-corrected chi connectivity index (χ2v) is 8.55. The van der Waals surface area contributed by atoms with E-state index in [-0.39, 0.29) is 18.3 Å². The fourth-order valence-corrected chi connectivity index (χ4v) is 2.91. The third kappa shape index (κ3) is 9.92. The molecule has 0 saturated heterocycles. The Labute approximate surface area is 190 Å². The fraction of sp³-hybridized carbons (Fsp3) is 0.810. The van der Waals surface area contributed by atoms with Gasteiger partial charge in [-0.15, -0.1) is 0 Å². The molecule has 0 aromatic rings. The van der Waals surface area contributed by atoms with Crippen LogP contribution in [-0.2, 0) is 19.2 Å². The van der Waals surface area contributed by atoms with Crippen LogP contribution in [0.5, 0.6) is 0 Å². The zero-order chi connectivity index (χ0) is 25.0. The summed E-state index contributed by atoms with van der Waals surface area (Å²) in [5, 5.41) is 26.9. The lowest BCUT2D eigenvalue weighted by Crippen LogP contribution is -2.61. The summed E-state index contributed by atoms with van der Waals surface area (Å²) >= 11 is 0. The monoisotopic (exact) mass is 459 g/mol. The minimum Gasteiger partial charge on any atom is -0.480 e. The molecule has 0 saturated carbocycles. The number of aliphatic carboxylic acids is 1. The molecule has 0 aliphatic rings. The maximum absolute atomic E-state index is 12.9. The fourth-order valence-electron chi connectivity index (χ4n) is 2.91. The van der Waals surface area contributed by atoms with Crippen molar-refractivity contribution in [3.05, 3.63) is 0 Å². The quantitative estimate of drug-likeness (QED) is 0.152. The number of nitrogens with two attached hydrogens (primary N) is 2. The SMILES string of the molecule is CCC(C)C(NC(=O)C(N)C(C)C)C(=O)NC(C(=O)NC(CCCCN)C(=O)O)C(C)O. The topological polar surface area (TPSA) is 197 Å². The lowest BCUT2D eigenvalue weighted by atomic mass is 9.96. The number of carbonyl (C=O) groups is 4. The Balaban J connectivity index is 5.42. The van der Waals surface area contributed by atoms with Crippen molar-refractivity contribution in [2.45, 2.75) is 90.6 Å². The van der Waals surface area contributed by atoms with Crippen LogP contribution in [0.4, 0.5) is 0 Å². The lowest BCUT2D eigenvalue weighted by molar-refractivity contribution is -0.143. The van der Waals surface area contributed by atoms with Gasteiger partial charge in [0.2, 0.25) is 17.7 Å². The highest BCUT2D eigenvalue weighted by Gasteiger charge is 2.34. The van der Waals surface area contributed by atoms with E-state index in [0.717, 1.165) is 0 Å². The van der Waals surface area contributed by atoms with Gasteiger partial charge in [0.25, 0.3) is 0 Å². The molecule has 11 nitrogen and oxygen atoms in total. The van der Waals surface area contributed by atoms with Gasteiger partial charge in [-0.1, -0.05) is 34.1 Å². The highest BCUT2D eigenvalue weighted by Crippen LogP contribution is 2.11. The first-order valence-electron chi connectivity index (χ1n) is 11.1. The average Bonchev–Trinajstić information content (AvgIpc) is 2.72. The molecule has 0 aliphatic carbocycles. The first-order chi connectivity index (χ1) is 14.9. The molecule has 11 heteroatoms. The summed E-state index contributed by atoms with van der Waals surface area (Å²) in [6, 6.07) is -4.37. The zero-order valence-electron chi connectivity index (χ0n) is 19.8. The molecular weight excluding hydrogens is 418 g/mol. The largest absolute Gasteiger partial charge is 0.480 e. The summed E-state index contributed by atoms with van der Waals surface area (Å²) < 4.78 is 0. The van der Waals surface area contributed by atoms with Crippen LogP contribution in [0, 0.1) is 11.8 Å². The van der Waals surface area contributed by atoms with Crippen LogP contribution in [0.3, 0.4) is 0 Å². The standard InChI is InChI=1S/C21H41N5O6/c1-6-12(4)16(25-18(28)15(23)11(2)3)19(29)26-17(13(5)27)20(30)24-14(21(31)32)9-7-8-10-22/h11-17,27H,6-10,22-23H2,1-5H3,(H,24,30)(H,25,28)(H,26,29)(H,31,32). The number of carboxylic acid groups (broad SMARTS) is 1. The molecule has 186 valence electrons. The van der Waals surface area contributed by atoms with Crippen molar-refractivity contribution in [1.82, 2.24) is 16.0 Å². The van der Waals surface area contributed by atoms with Gasteiger partial charge in [-0.2, -0.15) is 0 Å². The number of unbranched alkanes of at least 4 members (excludes halogenated alkanes) is 1. The Hall–Kier alpha value is -2.24. The van der Waals surface area contributed by atoms with Crippen LogP contribution < -0.4 is 27.4 Å². The number of aliphatic hydroxyl groups is 1. The molecule has 0 bridgehead atoms.